The molecule has 5 heteroatoms. The van der Waals surface area contributed by atoms with E-state index in [9.17, 15) is 9.59 Å². The van der Waals surface area contributed by atoms with Gasteiger partial charge in [0.05, 0.1) is 12.0 Å². The van der Waals surface area contributed by atoms with E-state index in [1.54, 1.807) is 6.92 Å². The first-order valence-corrected chi connectivity index (χ1v) is 6.29. The molecule has 0 aromatic carbocycles. The van der Waals surface area contributed by atoms with Gasteiger partial charge in [-0.3, -0.25) is 9.59 Å². The van der Waals surface area contributed by atoms with E-state index in [4.69, 9.17) is 4.74 Å². The van der Waals surface area contributed by atoms with E-state index in [1.807, 2.05) is 6.92 Å². The zero-order chi connectivity index (χ0) is 12.7. The van der Waals surface area contributed by atoms with Crippen LogP contribution >= 0.6 is 0 Å². The summed E-state index contributed by atoms with van der Waals surface area (Å²) in [6.07, 6.45) is 2.47. The van der Waals surface area contributed by atoms with Crippen LogP contribution in [-0.2, 0) is 14.3 Å². The van der Waals surface area contributed by atoms with E-state index in [2.05, 4.69) is 10.6 Å². The number of rotatable bonds is 5. The maximum Gasteiger partial charge on any atom is 0.325 e. The minimum Gasteiger partial charge on any atom is -0.465 e. The van der Waals surface area contributed by atoms with Gasteiger partial charge in [0.25, 0.3) is 0 Å². The van der Waals surface area contributed by atoms with Crippen molar-refractivity contribution in [3.8, 4) is 0 Å². The smallest absolute Gasteiger partial charge is 0.325 e. The van der Waals surface area contributed by atoms with E-state index in [0.717, 1.165) is 32.4 Å². The Balaban J connectivity index is 2.46. The predicted molar refractivity (Wildman–Crippen MR) is 64.5 cm³/mol. The molecule has 0 aliphatic carbocycles. The van der Waals surface area contributed by atoms with Crippen LogP contribution < -0.4 is 10.6 Å². The molecule has 98 valence electrons. The number of esters is 1. The van der Waals surface area contributed by atoms with Gasteiger partial charge < -0.3 is 15.4 Å². The van der Waals surface area contributed by atoms with E-state index in [-0.39, 0.29) is 23.8 Å². The summed E-state index contributed by atoms with van der Waals surface area (Å²) < 4.78 is 4.78. The monoisotopic (exact) mass is 242 g/mol. The molecule has 0 unspecified atom stereocenters. The fourth-order valence-electron chi connectivity index (χ4n) is 2.20. The summed E-state index contributed by atoms with van der Waals surface area (Å²) in [5.41, 5.74) is -0.308. The first-order valence-electron chi connectivity index (χ1n) is 6.29. The van der Waals surface area contributed by atoms with Crippen LogP contribution in [0.25, 0.3) is 0 Å². The number of carbonyl (C=O) groups excluding carboxylic acids is 2. The highest BCUT2D eigenvalue weighted by atomic mass is 16.5. The van der Waals surface area contributed by atoms with E-state index < -0.39 is 0 Å². The molecule has 0 aromatic heterocycles. The molecule has 1 aliphatic rings. The molecule has 0 spiro atoms. The third-order valence-electron chi connectivity index (χ3n) is 3.42. The van der Waals surface area contributed by atoms with Crippen LogP contribution in [0.5, 0.6) is 0 Å². The maximum absolute atomic E-state index is 12.1. The molecule has 0 radical (unpaired) electrons. The second kappa shape index (κ2) is 6.59. The SMILES string of the molecule is CCOC(=O)CNC(=O)C1(CC)CCNCC1. The first kappa shape index (κ1) is 14.0. The Labute approximate surface area is 102 Å². The van der Waals surface area contributed by atoms with Crippen molar-refractivity contribution in [3.05, 3.63) is 0 Å². The van der Waals surface area contributed by atoms with Gasteiger partial charge in [-0.25, -0.2) is 0 Å². The van der Waals surface area contributed by atoms with Crippen LogP contribution in [0.15, 0.2) is 0 Å². The minimum atomic E-state index is -0.374. The summed E-state index contributed by atoms with van der Waals surface area (Å²) in [6, 6.07) is 0. The lowest BCUT2D eigenvalue weighted by Crippen LogP contribution is -2.48. The van der Waals surface area contributed by atoms with Gasteiger partial charge in [-0.05, 0) is 39.3 Å². The highest BCUT2D eigenvalue weighted by Gasteiger charge is 2.37. The Morgan fingerprint density at radius 3 is 2.47 bits per heavy atom. The Morgan fingerprint density at radius 2 is 1.94 bits per heavy atom. The largest absolute Gasteiger partial charge is 0.465 e. The molecule has 2 N–H and O–H groups in total. The van der Waals surface area contributed by atoms with Gasteiger partial charge in [-0.1, -0.05) is 6.92 Å². The van der Waals surface area contributed by atoms with Crippen molar-refractivity contribution in [1.29, 1.82) is 0 Å². The molecule has 1 amide bonds. The van der Waals surface area contributed by atoms with Crippen molar-refractivity contribution in [1.82, 2.24) is 10.6 Å². The van der Waals surface area contributed by atoms with Crippen LogP contribution in [-0.4, -0.2) is 38.1 Å². The Kier molecular flexibility index (Phi) is 5.41. The molecular weight excluding hydrogens is 220 g/mol. The first-order chi connectivity index (χ1) is 8.14. The number of carbonyl (C=O) groups is 2. The van der Waals surface area contributed by atoms with Crippen LogP contribution in [0.2, 0.25) is 0 Å². The average molecular weight is 242 g/mol. The van der Waals surface area contributed by atoms with Crippen molar-refractivity contribution in [2.24, 2.45) is 5.41 Å². The van der Waals surface area contributed by atoms with E-state index in [1.165, 1.54) is 0 Å². The molecule has 0 bridgehead atoms. The topological polar surface area (TPSA) is 67.4 Å². The lowest BCUT2D eigenvalue weighted by Gasteiger charge is -2.35. The zero-order valence-corrected chi connectivity index (χ0v) is 10.7. The molecule has 17 heavy (non-hydrogen) atoms. The molecule has 5 nitrogen and oxygen atoms in total. The summed E-state index contributed by atoms with van der Waals surface area (Å²) in [7, 11) is 0. The summed E-state index contributed by atoms with van der Waals surface area (Å²) in [5.74, 6) is -0.393. The van der Waals surface area contributed by atoms with E-state index in [0.29, 0.717) is 6.61 Å². The average Bonchev–Trinajstić information content (AvgIpc) is 2.37. The summed E-state index contributed by atoms with van der Waals surface area (Å²) in [6.45, 7) is 5.82. The quantitative estimate of drug-likeness (QED) is 0.687. The molecule has 0 saturated carbocycles. The lowest BCUT2D eigenvalue weighted by atomic mass is 9.76. The predicted octanol–water partition coefficient (Wildman–Crippen LogP) is 0.445. The van der Waals surface area contributed by atoms with Crippen molar-refractivity contribution < 1.29 is 14.3 Å². The van der Waals surface area contributed by atoms with Gasteiger partial charge in [0.1, 0.15) is 6.54 Å². The van der Waals surface area contributed by atoms with Crippen LogP contribution in [0.4, 0.5) is 0 Å². The van der Waals surface area contributed by atoms with Gasteiger partial charge in [0.2, 0.25) is 5.91 Å². The van der Waals surface area contributed by atoms with Crippen LogP contribution in [0.1, 0.15) is 33.1 Å². The molecule has 1 heterocycles. The number of hydrogen-bond acceptors (Lipinski definition) is 4. The number of amides is 1. The van der Waals surface area contributed by atoms with Crippen LogP contribution in [0.3, 0.4) is 0 Å². The Bertz CT molecular complexity index is 273. The highest BCUT2D eigenvalue weighted by Crippen LogP contribution is 2.32. The van der Waals surface area contributed by atoms with Gasteiger partial charge in [-0.15, -0.1) is 0 Å². The molecule has 0 atom stereocenters. The number of ether oxygens (including phenoxy) is 1. The number of piperidine rings is 1. The molecular formula is C12H22N2O3. The zero-order valence-electron chi connectivity index (χ0n) is 10.7. The highest BCUT2D eigenvalue weighted by molar-refractivity contribution is 5.86. The maximum atomic E-state index is 12.1. The summed E-state index contributed by atoms with van der Waals surface area (Å²) in [5, 5.41) is 5.93. The second-order valence-corrected chi connectivity index (χ2v) is 4.37. The molecule has 1 saturated heterocycles. The minimum absolute atomic E-state index is 0.0189. The third-order valence-corrected chi connectivity index (χ3v) is 3.42. The second-order valence-electron chi connectivity index (χ2n) is 4.37. The van der Waals surface area contributed by atoms with Gasteiger partial charge in [-0.2, -0.15) is 0 Å². The molecule has 1 aliphatic heterocycles. The van der Waals surface area contributed by atoms with Crippen molar-refractivity contribution in [2.45, 2.75) is 33.1 Å². The van der Waals surface area contributed by atoms with Crippen molar-refractivity contribution in [2.75, 3.05) is 26.2 Å². The number of nitrogens with one attached hydrogen (secondary N) is 2. The fraction of sp³-hybridized carbons (Fsp3) is 0.833. The third kappa shape index (κ3) is 3.70. The summed E-state index contributed by atoms with van der Waals surface area (Å²) in [4.78, 5) is 23.3. The normalized spacial score (nSPS) is 18.5. The molecule has 0 aromatic rings. The standard InChI is InChI=1S/C12H22N2O3/c1-3-12(5-7-13-8-6-12)11(16)14-9-10(15)17-4-2/h13H,3-9H2,1-2H3,(H,14,16). The van der Waals surface area contributed by atoms with Crippen molar-refractivity contribution >= 4 is 11.9 Å². The van der Waals surface area contributed by atoms with E-state index >= 15 is 0 Å². The molecule has 1 rings (SSSR count). The van der Waals surface area contributed by atoms with Crippen molar-refractivity contribution in [3.63, 3.8) is 0 Å². The summed E-state index contributed by atoms with van der Waals surface area (Å²) >= 11 is 0. The van der Waals surface area contributed by atoms with Gasteiger partial charge in [0, 0.05) is 0 Å². The van der Waals surface area contributed by atoms with Crippen LogP contribution in [0, 0.1) is 5.41 Å². The lowest BCUT2D eigenvalue weighted by molar-refractivity contribution is -0.145. The molecule has 1 fully saturated rings. The number of hydrogen-bond donors (Lipinski definition) is 2. The Morgan fingerprint density at radius 1 is 1.29 bits per heavy atom. The Hall–Kier alpha value is -1.10. The fourth-order valence-corrected chi connectivity index (χ4v) is 2.20. The van der Waals surface area contributed by atoms with Gasteiger partial charge >= 0.3 is 5.97 Å². The van der Waals surface area contributed by atoms with Gasteiger partial charge in [0.15, 0.2) is 0 Å².